The third kappa shape index (κ3) is 5.01. The zero-order valence-electron chi connectivity index (χ0n) is 16.3. The van der Waals surface area contributed by atoms with E-state index < -0.39 is 10.0 Å². The molecule has 1 amide bonds. The van der Waals surface area contributed by atoms with E-state index in [1.807, 2.05) is 32.9 Å². The second-order valence-electron chi connectivity index (χ2n) is 6.72. The van der Waals surface area contributed by atoms with Crippen LogP contribution in [-0.2, 0) is 14.8 Å². The van der Waals surface area contributed by atoms with E-state index in [9.17, 15) is 13.2 Å². The average Bonchev–Trinajstić information content (AvgIpc) is 2.60. The number of anilines is 1. The topological polar surface area (TPSA) is 75.7 Å². The lowest BCUT2D eigenvalue weighted by molar-refractivity contribution is -0.120. The average molecular weight is 391 g/mol. The summed E-state index contributed by atoms with van der Waals surface area (Å²) in [6, 6.07) is 11.9. The summed E-state index contributed by atoms with van der Waals surface area (Å²) in [5.74, 6) is -0.136. The van der Waals surface area contributed by atoms with Gasteiger partial charge in [-0.2, -0.15) is 0 Å². The van der Waals surface area contributed by atoms with Gasteiger partial charge in [0.2, 0.25) is 5.91 Å². The first-order chi connectivity index (χ1) is 12.6. The molecule has 27 heavy (non-hydrogen) atoms. The Morgan fingerprint density at radius 1 is 1.07 bits per heavy atom. The number of rotatable bonds is 7. The number of nitrogens with zero attached hydrogens (tertiary/aromatic N) is 1. The minimum absolute atomic E-state index is 0.0305. The molecule has 0 heterocycles. The number of ether oxygens (including phenoxy) is 1. The molecular weight excluding hydrogens is 364 g/mol. The highest BCUT2D eigenvalue weighted by Gasteiger charge is 2.30. The van der Waals surface area contributed by atoms with Gasteiger partial charge in [0.1, 0.15) is 17.2 Å². The van der Waals surface area contributed by atoms with Gasteiger partial charge >= 0.3 is 0 Å². The highest BCUT2D eigenvalue weighted by atomic mass is 32.2. The number of benzene rings is 2. The lowest BCUT2D eigenvalue weighted by Gasteiger charge is -2.25. The van der Waals surface area contributed by atoms with Gasteiger partial charge in [0.05, 0.1) is 12.8 Å². The number of hydrogen-bond acceptors (Lipinski definition) is 4. The van der Waals surface area contributed by atoms with Crippen molar-refractivity contribution in [1.29, 1.82) is 0 Å². The minimum atomic E-state index is -4.02. The standard InChI is InChI=1S/C20H26N2O4S/c1-14(2)21-20(23)13-22(17-9-6-15(3)7-10-17)27(24,25)19-12-16(4)8-11-18(19)26-5/h6-12,14H,13H2,1-5H3,(H,21,23). The Bertz CT molecular complexity index is 906. The van der Waals surface area contributed by atoms with Crippen molar-refractivity contribution in [2.75, 3.05) is 18.0 Å². The van der Waals surface area contributed by atoms with Crippen molar-refractivity contribution in [1.82, 2.24) is 5.32 Å². The molecule has 0 spiro atoms. The molecule has 2 aromatic carbocycles. The first-order valence-corrected chi connectivity index (χ1v) is 10.1. The highest BCUT2D eigenvalue weighted by molar-refractivity contribution is 7.93. The van der Waals surface area contributed by atoms with Gasteiger partial charge in [-0.15, -0.1) is 0 Å². The molecule has 0 saturated carbocycles. The van der Waals surface area contributed by atoms with Gasteiger partial charge < -0.3 is 10.1 Å². The normalized spacial score (nSPS) is 11.3. The van der Waals surface area contributed by atoms with Gasteiger partial charge in [-0.05, 0) is 57.5 Å². The van der Waals surface area contributed by atoms with E-state index in [0.717, 1.165) is 15.4 Å². The summed E-state index contributed by atoms with van der Waals surface area (Å²) in [7, 11) is -2.59. The predicted molar refractivity (Wildman–Crippen MR) is 107 cm³/mol. The van der Waals surface area contributed by atoms with Gasteiger partial charge in [-0.25, -0.2) is 8.42 Å². The third-order valence-electron chi connectivity index (χ3n) is 3.95. The van der Waals surface area contributed by atoms with Crippen molar-refractivity contribution < 1.29 is 17.9 Å². The fourth-order valence-corrected chi connectivity index (χ4v) is 4.29. The smallest absolute Gasteiger partial charge is 0.268 e. The number of carbonyl (C=O) groups excluding carboxylic acids is 1. The maximum Gasteiger partial charge on any atom is 0.268 e. The molecule has 0 aliphatic rings. The second-order valence-corrected chi connectivity index (χ2v) is 8.55. The number of amides is 1. The molecule has 0 saturated heterocycles. The molecule has 0 fully saturated rings. The van der Waals surface area contributed by atoms with Crippen LogP contribution in [0.5, 0.6) is 5.75 Å². The number of aryl methyl sites for hydroxylation is 2. The molecule has 0 atom stereocenters. The van der Waals surface area contributed by atoms with Crippen molar-refractivity contribution >= 4 is 21.6 Å². The highest BCUT2D eigenvalue weighted by Crippen LogP contribution is 2.30. The lowest BCUT2D eigenvalue weighted by Crippen LogP contribution is -2.43. The summed E-state index contributed by atoms with van der Waals surface area (Å²) < 4.78 is 33.2. The fraction of sp³-hybridized carbons (Fsp3) is 0.350. The van der Waals surface area contributed by atoms with Crippen LogP contribution in [0.2, 0.25) is 0 Å². The maximum absolute atomic E-state index is 13.4. The molecule has 0 aromatic heterocycles. The molecular formula is C20H26N2O4S. The number of sulfonamides is 1. The van der Waals surface area contributed by atoms with E-state index in [4.69, 9.17) is 4.74 Å². The van der Waals surface area contributed by atoms with Crippen molar-refractivity contribution in [3.8, 4) is 5.75 Å². The summed E-state index contributed by atoms with van der Waals surface area (Å²) in [5, 5.41) is 2.74. The van der Waals surface area contributed by atoms with Crippen LogP contribution in [0.15, 0.2) is 47.4 Å². The third-order valence-corrected chi connectivity index (χ3v) is 5.74. The van der Waals surface area contributed by atoms with E-state index in [1.54, 1.807) is 37.3 Å². The van der Waals surface area contributed by atoms with Crippen LogP contribution in [0.3, 0.4) is 0 Å². The summed E-state index contributed by atoms with van der Waals surface area (Å²) >= 11 is 0. The Morgan fingerprint density at radius 2 is 1.67 bits per heavy atom. The van der Waals surface area contributed by atoms with Crippen molar-refractivity contribution in [2.24, 2.45) is 0 Å². The maximum atomic E-state index is 13.4. The molecule has 6 nitrogen and oxygen atoms in total. The molecule has 0 aliphatic heterocycles. The Hall–Kier alpha value is -2.54. The van der Waals surface area contributed by atoms with Crippen molar-refractivity contribution in [2.45, 2.75) is 38.6 Å². The number of nitrogens with one attached hydrogen (secondary N) is 1. The van der Waals surface area contributed by atoms with Gasteiger partial charge in [-0.1, -0.05) is 23.8 Å². The molecule has 7 heteroatoms. The molecule has 0 unspecified atom stereocenters. The molecule has 0 aliphatic carbocycles. The lowest BCUT2D eigenvalue weighted by atomic mass is 10.2. The van der Waals surface area contributed by atoms with E-state index in [2.05, 4.69) is 5.32 Å². The Labute approximate surface area is 161 Å². The predicted octanol–water partition coefficient (Wildman–Crippen LogP) is 3.03. The van der Waals surface area contributed by atoms with Crippen LogP contribution < -0.4 is 14.4 Å². The Morgan fingerprint density at radius 3 is 2.22 bits per heavy atom. The quantitative estimate of drug-likeness (QED) is 0.788. The Kier molecular flexibility index (Phi) is 6.49. The number of hydrogen-bond donors (Lipinski definition) is 1. The van der Waals surface area contributed by atoms with Gasteiger partial charge in [-0.3, -0.25) is 9.10 Å². The van der Waals surface area contributed by atoms with E-state index in [1.165, 1.54) is 7.11 Å². The van der Waals surface area contributed by atoms with Gasteiger partial charge in [0, 0.05) is 6.04 Å². The monoisotopic (exact) mass is 390 g/mol. The summed E-state index contributed by atoms with van der Waals surface area (Å²) in [5.41, 5.74) is 2.20. The van der Waals surface area contributed by atoms with Gasteiger partial charge in [0.25, 0.3) is 10.0 Å². The fourth-order valence-electron chi connectivity index (χ4n) is 2.63. The van der Waals surface area contributed by atoms with E-state index in [-0.39, 0.29) is 29.1 Å². The van der Waals surface area contributed by atoms with Crippen LogP contribution in [0.4, 0.5) is 5.69 Å². The zero-order valence-corrected chi connectivity index (χ0v) is 17.1. The summed E-state index contributed by atoms with van der Waals surface area (Å²) in [4.78, 5) is 12.4. The minimum Gasteiger partial charge on any atom is -0.495 e. The van der Waals surface area contributed by atoms with Crippen LogP contribution in [0.25, 0.3) is 0 Å². The van der Waals surface area contributed by atoms with E-state index in [0.29, 0.717) is 5.69 Å². The SMILES string of the molecule is COc1ccc(C)cc1S(=O)(=O)N(CC(=O)NC(C)C)c1ccc(C)cc1. The molecule has 0 radical (unpaired) electrons. The number of carbonyl (C=O) groups is 1. The van der Waals surface area contributed by atoms with Gasteiger partial charge in [0.15, 0.2) is 0 Å². The summed E-state index contributed by atoms with van der Waals surface area (Å²) in [6.45, 7) is 7.05. The largest absolute Gasteiger partial charge is 0.495 e. The van der Waals surface area contributed by atoms with Crippen LogP contribution in [0, 0.1) is 13.8 Å². The molecule has 2 rings (SSSR count). The van der Waals surface area contributed by atoms with Crippen molar-refractivity contribution in [3.63, 3.8) is 0 Å². The zero-order chi connectivity index (χ0) is 20.2. The second kappa shape index (κ2) is 8.43. The Balaban J connectivity index is 2.56. The molecule has 0 bridgehead atoms. The molecule has 1 N–H and O–H groups in total. The molecule has 2 aromatic rings. The first kappa shape index (κ1) is 20.8. The number of methoxy groups -OCH3 is 1. The van der Waals surface area contributed by atoms with Crippen molar-refractivity contribution in [3.05, 3.63) is 53.6 Å². The van der Waals surface area contributed by atoms with Crippen LogP contribution in [-0.4, -0.2) is 34.0 Å². The van der Waals surface area contributed by atoms with E-state index >= 15 is 0 Å². The summed E-state index contributed by atoms with van der Waals surface area (Å²) in [6.07, 6.45) is 0. The first-order valence-electron chi connectivity index (χ1n) is 8.68. The van der Waals surface area contributed by atoms with Crippen LogP contribution in [0.1, 0.15) is 25.0 Å². The van der Waals surface area contributed by atoms with Crippen LogP contribution >= 0.6 is 0 Å². The molecule has 146 valence electrons.